The van der Waals surface area contributed by atoms with Gasteiger partial charge in [0.05, 0.1) is 12.8 Å². The molecule has 0 amide bonds. The number of nitrogens with zero attached hydrogens (tertiary/aromatic N) is 2. The molecule has 4 nitrogen and oxygen atoms in total. The molecule has 110 valence electrons. The molecule has 20 heavy (non-hydrogen) atoms. The second kappa shape index (κ2) is 8.59. The van der Waals surface area contributed by atoms with Gasteiger partial charge in [-0.05, 0) is 69.6 Å². The van der Waals surface area contributed by atoms with Crippen molar-refractivity contribution in [2.45, 2.75) is 32.1 Å². The molecule has 2 rings (SSSR count). The summed E-state index contributed by atoms with van der Waals surface area (Å²) < 4.78 is 5.11. The zero-order valence-electron chi connectivity index (χ0n) is 12.3. The molecular weight excluding hydrogens is 250 g/mol. The van der Waals surface area contributed by atoms with Crippen LogP contribution in [-0.4, -0.2) is 37.9 Å². The van der Waals surface area contributed by atoms with Gasteiger partial charge in [-0.25, -0.2) is 0 Å². The summed E-state index contributed by atoms with van der Waals surface area (Å²) in [4.78, 5) is 2.56. The van der Waals surface area contributed by atoms with Gasteiger partial charge in [-0.15, -0.1) is 0 Å². The Balaban J connectivity index is 1.58. The fourth-order valence-electron chi connectivity index (χ4n) is 2.44. The smallest absolute Gasteiger partial charge is 0.119 e. The molecule has 4 heteroatoms. The number of rotatable bonds is 7. The van der Waals surface area contributed by atoms with Crippen LogP contribution >= 0.6 is 0 Å². The first-order chi connectivity index (χ1) is 9.88. The summed E-state index contributed by atoms with van der Waals surface area (Å²) in [6, 6.07) is 7.77. The largest absolute Gasteiger partial charge is 0.497 e. The van der Waals surface area contributed by atoms with Crippen molar-refractivity contribution in [3.8, 4) is 5.75 Å². The minimum absolute atomic E-state index is 0.862. The number of piperidine rings is 1. The van der Waals surface area contributed by atoms with Crippen molar-refractivity contribution >= 4 is 11.9 Å². The van der Waals surface area contributed by atoms with Gasteiger partial charge >= 0.3 is 0 Å². The summed E-state index contributed by atoms with van der Waals surface area (Å²) in [6.07, 6.45) is 8.32. The lowest BCUT2D eigenvalue weighted by molar-refractivity contribution is 0.228. The van der Waals surface area contributed by atoms with Crippen LogP contribution < -0.4 is 10.2 Å². The second-order valence-corrected chi connectivity index (χ2v) is 5.20. The molecule has 1 aromatic carbocycles. The molecule has 1 saturated heterocycles. The quantitative estimate of drug-likeness (QED) is 0.471. The fourth-order valence-corrected chi connectivity index (χ4v) is 2.44. The number of nitrogens with one attached hydrogen (secondary N) is 1. The van der Waals surface area contributed by atoms with Crippen LogP contribution in [0.1, 0.15) is 32.1 Å². The monoisotopic (exact) mass is 275 g/mol. The number of anilines is 1. The van der Waals surface area contributed by atoms with E-state index in [0.717, 1.165) is 17.9 Å². The van der Waals surface area contributed by atoms with Crippen molar-refractivity contribution in [2.75, 3.05) is 32.2 Å². The van der Waals surface area contributed by atoms with Crippen LogP contribution in [0.5, 0.6) is 5.75 Å². The normalized spacial score (nSPS) is 16.4. The predicted octanol–water partition coefficient (Wildman–Crippen LogP) is 3.36. The maximum absolute atomic E-state index is 5.11. The van der Waals surface area contributed by atoms with Gasteiger partial charge < -0.3 is 9.64 Å². The van der Waals surface area contributed by atoms with Gasteiger partial charge in [-0.3, -0.25) is 5.43 Å². The minimum Gasteiger partial charge on any atom is -0.497 e. The van der Waals surface area contributed by atoms with E-state index in [9.17, 15) is 0 Å². The van der Waals surface area contributed by atoms with E-state index < -0.39 is 0 Å². The van der Waals surface area contributed by atoms with E-state index in [1.54, 1.807) is 7.11 Å². The van der Waals surface area contributed by atoms with Gasteiger partial charge in [0, 0.05) is 6.21 Å². The van der Waals surface area contributed by atoms with Crippen LogP contribution in [0.25, 0.3) is 0 Å². The number of ether oxygens (including phenoxy) is 1. The number of unbranched alkanes of at least 4 members (excludes halogenated alkanes) is 1. The Bertz CT molecular complexity index is 397. The Hall–Kier alpha value is -1.55. The topological polar surface area (TPSA) is 36.9 Å². The molecule has 1 fully saturated rings. The first kappa shape index (κ1) is 14.9. The molecule has 1 heterocycles. The molecule has 1 aliphatic heterocycles. The molecular formula is C16H25N3O. The Morgan fingerprint density at radius 1 is 1.20 bits per heavy atom. The third-order valence-electron chi connectivity index (χ3n) is 3.63. The Kier molecular flexibility index (Phi) is 6.38. The van der Waals surface area contributed by atoms with Crippen LogP contribution in [0.15, 0.2) is 29.4 Å². The highest BCUT2D eigenvalue weighted by molar-refractivity contribution is 5.59. The summed E-state index contributed by atoms with van der Waals surface area (Å²) in [7, 11) is 1.67. The average molecular weight is 275 g/mol. The van der Waals surface area contributed by atoms with Crippen LogP contribution in [0.2, 0.25) is 0 Å². The van der Waals surface area contributed by atoms with E-state index in [2.05, 4.69) is 15.4 Å². The van der Waals surface area contributed by atoms with Gasteiger partial charge in [0.1, 0.15) is 5.75 Å². The van der Waals surface area contributed by atoms with Crippen molar-refractivity contribution < 1.29 is 4.74 Å². The summed E-state index contributed by atoms with van der Waals surface area (Å²) in [6.45, 7) is 3.76. The molecule has 1 N–H and O–H groups in total. The van der Waals surface area contributed by atoms with Gasteiger partial charge in [-0.2, -0.15) is 5.10 Å². The summed E-state index contributed by atoms with van der Waals surface area (Å²) in [5.41, 5.74) is 4.02. The molecule has 0 bridgehead atoms. The second-order valence-electron chi connectivity index (χ2n) is 5.20. The highest BCUT2D eigenvalue weighted by Crippen LogP contribution is 2.14. The molecule has 0 spiro atoms. The molecule has 0 aromatic heterocycles. The van der Waals surface area contributed by atoms with Crippen LogP contribution in [0, 0.1) is 0 Å². The summed E-state index contributed by atoms with van der Waals surface area (Å²) >= 11 is 0. The van der Waals surface area contributed by atoms with Gasteiger partial charge in [-0.1, -0.05) is 6.42 Å². The zero-order valence-corrected chi connectivity index (χ0v) is 12.3. The fraction of sp³-hybridized carbons (Fsp3) is 0.562. The molecule has 1 aliphatic rings. The first-order valence-electron chi connectivity index (χ1n) is 7.52. The lowest BCUT2D eigenvalue weighted by Gasteiger charge is -2.25. The average Bonchev–Trinajstić information content (AvgIpc) is 2.52. The lowest BCUT2D eigenvalue weighted by Crippen LogP contribution is -2.30. The first-order valence-corrected chi connectivity index (χ1v) is 7.52. The number of methoxy groups -OCH3 is 1. The highest BCUT2D eigenvalue weighted by atomic mass is 16.5. The maximum Gasteiger partial charge on any atom is 0.119 e. The molecule has 0 unspecified atom stereocenters. The summed E-state index contributed by atoms with van der Waals surface area (Å²) in [5, 5.41) is 4.25. The number of hydrogen-bond donors (Lipinski definition) is 1. The van der Waals surface area contributed by atoms with Crippen LogP contribution in [-0.2, 0) is 0 Å². The van der Waals surface area contributed by atoms with Crippen LogP contribution in [0.3, 0.4) is 0 Å². The van der Waals surface area contributed by atoms with Gasteiger partial charge in [0.15, 0.2) is 0 Å². The van der Waals surface area contributed by atoms with Crippen molar-refractivity contribution in [3.05, 3.63) is 24.3 Å². The molecule has 0 atom stereocenters. The third-order valence-corrected chi connectivity index (χ3v) is 3.63. The molecule has 0 aliphatic carbocycles. The highest BCUT2D eigenvalue weighted by Gasteiger charge is 2.08. The van der Waals surface area contributed by atoms with Crippen LogP contribution in [0.4, 0.5) is 5.69 Å². The van der Waals surface area contributed by atoms with E-state index in [4.69, 9.17) is 4.74 Å². The SMILES string of the molecule is COc1ccc(N/N=C/CCCN2CCCCC2)cc1. The third kappa shape index (κ3) is 5.21. The number of benzene rings is 1. The van der Waals surface area contributed by atoms with Crippen molar-refractivity contribution in [1.29, 1.82) is 0 Å². The molecule has 0 radical (unpaired) electrons. The number of hydrogen-bond acceptors (Lipinski definition) is 4. The summed E-state index contributed by atoms with van der Waals surface area (Å²) in [5.74, 6) is 0.862. The standard InChI is InChI=1S/C16H25N3O/c1-20-16-9-7-15(8-10-16)18-17-11-3-6-14-19-12-4-2-5-13-19/h7-11,18H,2-6,12-14H2,1H3/b17-11+. The van der Waals surface area contributed by atoms with E-state index in [1.165, 1.54) is 45.3 Å². The minimum atomic E-state index is 0.862. The Morgan fingerprint density at radius 3 is 2.65 bits per heavy atom. The maximum atomic E-state index is 5.11. The van der Waals surface area contributed by atoms with E-state index in [0.29, 0.717) is 0 Å². The lowest BCUT2D eigenvalue weighted by atomic mass is 10.1. The van der Waals surface area contributed by atoms with E-state index in [-0.39, 0.29) is 0 Å². The molecule has 0 saturated carbocycles. The van der Waals surface area contributed by atoms with E-state index >= 15 is 0 Å². The van der Waals surface area contributed by atoms with E-state index in [1.807, 2.05) is 30.5 Å². The van der Waals surface area contributed by atoms with Crippen molar-refractivity contribution in [3.63, 3.8) is 0 Å². The molecule has 1 aromatic rings. The van der Waals surface area contributed by atoms with Gasteiger partial charge in [0.25, 0.3) is 0 Å². The van der Waals surface area contributed by atoms with Crippen molar-refractivity contribution in [2.24, 2.45) is 5.10 Å². The van der Waals surface area contributed by atoms with Crippen molar-refractivity contribution in [1.82, 2.24) is 4.90 Å². The predicted molar refractivity (Wildman–Crippen MR) is 84.6 cm³/mol. The number of hydrazone groups is 1. The Morgan fingerprint density at radius 2 is 1.95 bits per heavy atom. The number of likely N-dealkylation sites (tertiary alicyclic amines) is 1. The zero-order chi connectivity index (χ0) is 14.0. The van der Waals surface area contributed by atoms with Gasteiger partial charge in [0.2, 0.25) is 0 Å². The Labute approximate surface area is 121 Å².